The Kier molecular flexibility index (Phi) is 7.81. The Morgan fingerprint density at radius 1 is 0.411 bits per heavy atom. The lowest BCUT2D eigenvalue weighted by Gasteiger charge is -2.26. The van der Waals surface area contributed by atoms with Crippen molar-refractivity contribution in [3.63, 3.8) is 0 Å². The highest BCUT2D eigenvalue weighted by atomic mass is 15.0. The summed E-state index contributed by atoms with van der Waals surface area (Å²) in [4.78, 5) is 0. The summed E-state index contributed by atoms with van der Waals surface area (Å²) in [5, 5.41) is 5.12. The van der Waals surface area contributed by atoms with Crippen molar-refractivity contribution in [3.05, 3.63) is 212 Å². The lowest BCUT2D eigenvalue weighted by Crippen LogP contribution is -2.13. The molecule has 0 fully saturated rings. The van der Waals surface area contributed by atoms with E-state index in [1.807, 2.05) is 0 Å². The lowest BCUT2D eigenvalue weighted by molar-refractivity contribution is 0.584. The summed E-state index contributed by atoms with van der Waals surface area (Å²) in [6, 6.07) is 60.6. The Balaban J connectivity index is 1.06. The van der Waals surface area contributed by atoms with E-state index in [0.29, 0.717) is 5.92 Å². The van der Waals surface area contributed by atoms with E-state index in [-0.39, 0.29) is 6.04 Å². The molecule has 2 unspecified atom stereocenters. The van der Waals surface area contributed by atoms with Crippen LogP contribution in [0.15, 0.2) is 212 Å². The van der Waals surface area contributed by atoms with Gasteiger partial charge in [-0.25, -0.2) is 0 Å². The van der Waals surface area contributed by atoms with Crippen LogP contribution in [-0.4, -0.2) is 9.13 Å². The molecule has 0 radical (unpaired) electrons. The van der Waals surface area contributed by atoms with Crippen LogP contribution in [0.5, 0.6) is 0 Å². The first-order valence-corrected chi connectivity index (χ1v) is 19.8. The van der Waals surface area contributed by atoms with E-state index >= 15 is 0 Å². The fourth-order valence-electron chi connectivity index (χ4n) is 9.30. The molecule has 0 aliphatic heterocycles. The first kappa shape index (κ1) is 32.5. The predicted molar refractivity (Wildman–Crippen MR) is 237 cm³/mol. The van der Waals surface area contributed by atoms with Crippen LogP contribution in [-0.2, 0) is 0 Å². The molecule has 2 aliphatic carbocycles. The van der Waals surface area contributed by atoms with Crippen LogP contribution in [0.4, 0.5) is 0 Å². The molecule has 0 N–H and O–H groups in total. The predicted octanol–water partition coefficient (Wildman–Crippen LogP) is 14.5. The minimum Gasteiger partial charge on any atom is -0.333 e. The van der Waals surface area contributed by atoms with Crippen molar-refractivity contribution in [1.82, 2.24) is 9.13 Å². The fraction of sp³-hybridized carbons (Fsp3) is 0.0741. The van der Waals surface area contributed by atoms with Crippen LogP contribution in [0.1, 0.15) is 18.9 Å². The molecule has 56 heavy (non-hydrogen) atoms. The molecule has 2 nitrogen and oxygen atoms in total. The Morgan fingerprint density at radius 3 is 1.77 bits per heavy atom. The molecule has 0 saturated carbocycles. The minimum atomic E-state index is 0.250. The van der Waals surface area contributed by atoms with E-state index in [0.717, 1.165) is 18.5 Å². The van der Waals surface area contributed by atoms with Gasteiger partial charge in [0.25, 0.3) is 0 Å². The van der Waals surface area contributed by atoms with Crippen molar-refractivity contribution < 1.29 is 0 Å². The van der Waals surface area contributed by atoms with Crippen molar-refractivity contribution in [1.29, 1.82) is 0 Å². The van der Waals surface area contributed by atoms with Crippen molar-refractivity contribution in [2.45, 2.75) is 18.9 Å². The smallest absolute Gasteiger partial charge is 0.0563 e. The molecule has 2 heteroatoms. The summed E-state index contributed by atoms with van der Waals surface area (Å²) in [7, 11) is 0. The second kappa shape index (κ2) is 13.4. The largest absolute Gasteiger partial charge is 0.333 e. The Hall–Kier alpha value is -6.90. The highest BCUT2D eigenvalue weighted by Crippen LogP contribution is 2.42. The number of nitrogens with zero attached hydrogens (tertiary/aromatic N) is 2. The van der Waals surface area contributed by atoms with Gasteiger partial charge in [-0.05, 0) is 94.8 Å². The third-order valence-corrected chi connectivity index (χ3v) is 12.0. The van der Waals surface area contributed by atoms with Crippen LogP contribution in [0, 0.1) is 5.92 Å². The zero-order valence-electron chi connectivity index (χ0n) is 31.1. The number of rotatable bonds is 6. The number of hydrogen-bond donors (Lipinski definition) is 0. The van der Waals surface area contributed by atoms with Gasteiger partial charge in [0.15, 0.2) is 0 Å². The Morgan fingerprint density at radius 2 is 1.04 bits per heavy atom. The van der Waals surface area contributed by atoms with E-state index < -0.39 is 0 Å². The SMILES string of the molecule is C1=CCC(C2=CC=CC(n3c4ccccc4c4ccc(-c5ccc6c(c5)c5ccccc5n6-c5cc(-c6ccccc6)cc(-c6ccccc6)c5)cc43)C2)C=C1. The molecule has 266 valence electrons. The zero-order chi connectivity index (χ0) is 37.0. The second-order valence-corrected chi connectivity index (χ2v) is 15.3. The number of para-hydroxylation sites is 2. The molecule has 2 aliphatic rings. The maximum absolute atomic E-state index is 2.59. The van der Waals surface area contributed by atoms with E-state index in [1.165, 1.54) is 82.6 Å². The van der Waals surface area contributed by atoms with Crippen LogP contribution in [0.2, 0.25) is 0 Å². The number of allylic oxidation sites excluding steroid dienone is 8. The standard InChI is InChI=1S/C54H40N2/c1-4-15-37(16-5-1)40-21-14-22-45(32-40)55-51-25-12-10-23-47(51)49-29-27-42(36-54(49)55)41-28-30-53-50(35-41)48-24-11-13-26-52(48)56(53)46-33-43(38-17-6-2-7-18-38)31-44(34-46)39-19-8-3-9-20-39/h1-15,17-31,33-37,45H,16,32H2. The van der Waals surface area contributed by atoms with E-state index in [9.17, 15) is 0 Å². The molecule has 0 saturated heterocycles. The van der Waals surface area contributed by atoms with Crippen molar-refractivity contribution >= 4 is 43.6 Å². The van der Waals surface area contributed by atoms with Gasteiger partial charge in [0.2, 0.25) is 0 Å². The van der Waals surface area contributed by atoms with Crippen LogP contribution >= 0.6 is 0 Å². The number of hydrogen-bond acceptors (Lipinski definition) is 0. The van der Waals surface area contributed by atoms with E-state index in [2.05, 4.69) is 215 Å². The monoisotopic (exact) mass is 716 g/mol. The number of benzene rings is 7. The third-order valence-electron chi connectivity index (χ3n) is 12.0. The zero-order valence-corrected chi connectivity index (χ0v) is 31.1. The molecule has 0 bridgehead atoms. The first-order chi connectivity index (χ1) is 27.8. The lowest BCUT2D eigenvalue weighted by atomic mass is 9.85. The summed E-state index contributed by atoms with van der Waals surface area (Å²) in [5.74, 6) is 0.468. The molecule has 2 aromatic heterocycles. The molecular formula is C54H40N2. The first-order valence-electron chi connectivity index (χ1n) is 19.8. The summed E-state index contributed by atoms with van der Waals surface area (Å²) in [6.07, 6.45) is 18.1. The normalized spacial score (nSPS) is 16.7. The van der Waals surface area contributed by atoms with Gasteiger partial charge in [-0.2, -0.15) is 0 Å². The van der Waals surface area contributed by atoms with Gasteiger partial charge >= 0.3 is 0 Å². The maximum atomic E-state index is 2.59. The summed E-state index contributed by atoms with van der Waals surface area (Å²) in [5.41, 5.74) is 14.9. The summed E-state index contributed by atoms with van der Waals surface area (Å²) in [6.45, 7) is 0. The van der Waals surface area contributed by atoms with Gasteiger partial charge in [-0.15, -0.1) is 0 Å². The fourth-order valence-corrected chi connectivity index (χ4v) is 9.30. The molecular weight excluding hydrogens is 677 g/mol. The Labute approximate surface area is 327 Å². The van der Waals surface area contributed by atoms with Gasteiger partial charge in [0, 0.05) is 38.7 Å². The van der Waals surface area contributed by atoms with Gasteiger partial charge in [-0.3, -0.25) is 0 Å². The van der Waals surface area contributed by atoms with Gasteiger partial charge in [-0.1, -0.05) is 163 Å². The molecule has 11 rings (SSSR count). The van der Waals surface area contributed by atoms with Crippen LogP contribution in [0.25, 0.3) is 82.7 Å². The van der Waals surface area contributed by atoms with Crippen molar-refractivity contribution in [2.24, 2.45) is 5.92 Å². The molecule has 9 aromatic rings. The topological polar surface area (TPSA) is 9.86 Å². The van der Waals surface area contributed by atoms with Crippen molar-refractivity contribution in [2.75, 3.05) is 0 Å². The minimum absolute atomic E-state index is 0.250. The summed E-state index contributed by atoms with van der Waals surface area (Å²) >= 11 is 0. The number of aromatic nitrogens is 2. The molecule has 7 aromatic carbocycles. The third kappa shape index (κ3) is 5.48. The molecule has 0 amide bonds. The summed E-state index contributed by atoms with van der Waals surface area (Å²) < 4.78 is 5.04. The molecule has 0 spiro atoms. The molecule has 2 heterocycles. The highest BCUT2D eigenvalue weighted by Gasteiger charge is 2.23. The van der Waals surface area contributed by atoms with Gasteiger partial charge in [0.05, 0.1) is 22.6 Å². The second-order valence-electron chi connectivity index (χ2n) is 15.3. The van der Waals surface area contributed by atoms with Crippen molar-refractivity contribution in [3.8, 4) is 39.1 Å². The Bertz CT molecular complexity index is 3020. The average molecular weight is 717 g/mol. The van der Waals surface area contributed by atoms with Gasteiger partial charge < -0.3 is 9.13 Å². The van der Waals surface area contributed by atoms with E-state index in [1.54, 1.807) is 0 Å². The van der Waals surface area contributed by atoms with Crippen LogP contribution in [0.3, 0.4) is 0 Å². The van der Waals surface area contributed by atoms with Crippen LogP contribution < -0.4 is 0 Å². The van der Waals surface area contributed by atoms with E-state index in [4.69, 9.17) is 0 Å². The molecule has 2 atom stereocenters. The van der Waals surface area contributed by atoms with Gasteiger partial charge in [0.1, 0.15) is 0 Å². The maximum Gasteiger partial charge on any atom is 0.0563 e. The number of fused-ring (bicyclic) bond motifs is 6. The highest BCUT2D eigenvalue weighted by molar-refractivity contribution is 6.12. The average Bonchev–Trinajstić information content (AvgIpc) is 3.79. The quantitative estimate of drug-likeness (QED) is 0.162.